The summed E-state index contributed by atoms with van der Waals surface area (Å²) in [6.07, 6.45) is 0. The molecule has 0 atom stereocenters. The molecule has 0 saturated carbocycles. The molecule has 0 bridgehead atoms. The smallest absolute Gasteiger partial charge is 0.195 e. The molecule has 7 heteroatoms. The van der Waals surface area contributed by atoms with Gasteiger partial charge in [-0.15, -0.1) is 0 Å². The van der Waals surface area contributed by atoms with Crippen molar-refractivity contribution in [1.29, 1.82) is 0 Å². The molecule has 0 unspecified atom stereocenters. The fraction of sp³-hybridized carbons (Fsp3) is 1.00. The molecule has 0 aromatic rings. The first-order valence-electron chi connectivity index (χ1n) is 4.62. The van der Waals surface area contributed by atoms with E-state index in [1.807, 2.05) is 11.8 Å². The van der Waals surface area contributed by atoms with Crippen LogP contribution in [-0.4, -0.2) is 60.0 Å². The highest BCUT2D eigenvalue weighted by Crippen LogP contribution is 2.22. The average Bonchev–Trinajstić information content (AvgIpc) is 2.14. The first kappa shape index (κ1) is 11.1. The van der Waals surface area contributed by atoms with Gasteiger partial charge in [-0.25, -0.2) is 0 Å². The zero-order chi connectivity index (χ0) is 10.2. The van der Waals surface area contributed by atoms with Gasteiger partial charge in [-0.1, -0.05) is 0 Å². The molecule has 2 saturated heterocycles. The number of rotatable bonds is 2. The lowest BCUT2D eigenvalue weighted by Gasteiger charge is -2.39. The second kappa shape index (κ2) is 4.21. The molecule has 0 radical (unpaired) electrons. The molecule has 0 N–H and O–H groups in total. The van der Waals surface area contributed by atoms with Gasteiger partial charge in [0.25, 0.3) is 10.2 Å². The van der Waals surface area contributed by atoms with Crippen molar-refractivity contribution in [2.45, 2.75) is 5.25 Å². The lowest BCUT2D eigenvalue weighted by atomic mass is 10.3. The first-order chi connectivity index (χ1) is 6.60. The summed E-state index contributed by atoms with van der Waals surface area (Å²) in [4.78, 5) is 0. The van der Waals surface area contributed by atoms with Crippen LogP contribution in [0, 0.1) is 0 Å². The fourth-order valence-electron chi connectivity index (χ4n) is 1.55. The summed E-state index contributed by atoms with van der Waals surface area (Å²) >= 11 is 6.02. The molecule has 4 nitrogen and oxygen atoms in total. The predicted octanol–water partition coefficient (Wildman–Crippen LogP) is -0.106. The van der Waals surface area contributed by atoms with Gasteiger partial charge < -0.3 is 0 Å². The molecule has 0 spiro atoms. The molecule has 2 aliphatic heterocycles. The highest BCUT2D eigenvalue weighted by molar-refractivity contribution is 7.99. The maximum absolute atomic E-state index is 11.9. The van der Waals surface area contributed by atoms with Gasteiger partial charge in [-0.2, -0.15) is 41.4 Å². The molecular weight excluding hydrogens is 240 g/mol. The molecule has 2 rings (SSSR count). The Balaban J connectivity index is 2.00. The summed E-state index contributed by atoms with van der Waals surface area (Å²) in [6.45, 7) is 2.44. The maximum Gasteiger partial charge on any atom is 0.282 e. The Labute approximate surface area is 94.6 Å². The highest BCUT2D eigenvalue weighted by atomic mass is 32.2. The number of hydrogen-bond donors (Lipinski definition) is 1. The number of nitrogens with zero attached hydrogens (tertiary/aromatic N) is 2. The maximum atomic E-state index is 11.9. The molecule has 0 aliphatic carbocycles. The van der Waals surface area contributed by atoms with Gasteiger partial charge in [0.15, 0.2) is 0 Å². The van der Waals surface area contributed by atoms with Crippen LogP contribution in [0.25, 0.3) is 0 Å². The van der Waals surface area contributed by atoms with E-state index in [9.17, 15) is 8.42 Å². The van der Waals surface area contributed by atoms with Crippen molar-refractivity contribution in [3.8, 4) is 0 Å². The van der Waals surface area contributed by atoms with Gasteiger partial charge >= 0.3 is 0 Å². The van der Waals surface area contributed by atoms with E-state index >= 15 is 0 Å². The van der Waals surface area contributed by atoms with Crippen molar-refractivity contribution in [1.82, 2.24) is 8.61 Å². The van der Waals surface area contributed by atoms with E-state index in [-0.39, 0.29) is 5.25 Å². The lowest BCUT2D eigenvalue weighted by molar-refractivity contribution is 0.286. The molecule has 14 heavy (non-hydrogen) atoms. The summed E-state index contributed by atoms with van der Waals surface area (Å²) < 4.78 is 26.9. The highest BCUT2D eigenvalue weighted by Gasteiger charge is 2.38. The third kappa shape index (κ3) is 2.06. The standard InChI is InChI=1S/C7H14N2O2S3/c10-14(11,9-5-7(12)6-9)8-1-3-13-4-2-8/h7,12H,1-6H2. The van der Waals surface area contributed by atoms with Crippen molar-refractivity contribution >= 4 is 34.6 Å². The minimum absolute atomic E-state index is 0.226. The molecule has 2 heterocycles. The summed E-state index contributed by atoms with van der Waals surface area (Å²) in [7, 11) is -3.15. The summed E-state index contributed by atoms with van der Waals surface area (Å²) in [5, 5.41) is 0.226. The van der Waals surface area contributed by atoms with E-state index in [0.717, 1.165) is 11.5 Å². The van der Waals surface area contributed by atoms with Crippen LogP contribution in [0.4, 0.5) is 0 Å². The number of thiol groups is 1. The second-order valence-electron chi connectivity index (χ2n) is 3.49. The van der Waals surface area contributed by atoms with Crippen LogP contribution in [-0.2, 0) is 10.2 Å². The largest absolute Gasteiger partial charge is 0.282 e. The molecular formula is C7H14N2O2S3. The van der Waals surface area contributed by atoms with Crippen LogP contribution >= 0.6 is 24.4 Å². The first-order valence-corrected chi connectivity index (χ1v) is 7.68. The van der Waals surface area contributed by atoms with Crippen LogP contribution in [0.3, 0.4) is 0 Å². The second-order valence-corrected chi connectivity index (χ2v) is 7.37. The topological polar surface area (TPSA) is 40.6 Å². The Bertz CT molecular complexity index is 294. The molecule has 2 fully saturated rings. The van der Waals surface area contributed by atoms with Gasteiger partial charge in [0.05, 0.1) is 0 Å². The number of thioether (sulfide) groups is 1. The van der Waals surface area contributed by atoms with E-state index in [2.05, 4.69) is 12.6 Å². The van der Waals surface area contributed by atoms with Crippen molar-refractivity contribution in [3.05, 3.63) is 0 Å². The third-order valence-electron chi connectivity index (χ3n) is 2.45. The van der Waals surface area contributed by atoms with Crippen molar-refractivity contribution in [2.75, 3.05) is 37.7 Å². The predicted molar refractivity (Wildman–Crippen MR) is 62.2 cm³/mol. The number of hydrogen-bond acceptors (Lipinski definition) is 4. The van der Waals surface area contributed by atoms with Crippen molar-refractivity contribution in [3.63, 3.8) is 0 Å². The van der Waals surface area contributed by atoms with Gasteiger partial charge in [0.1, 0.15) is 0 Å². The summed E-state index contributed by atoms with van der Waals surface area (Å²) in [5.41, 5.74) is 0. The van der Waals surface area contributed by atoms with Crippen molar-refractivity contribution in [2.24, 2.45) is 0 Å². The monoisotopic (exact) mass is 254 g/mol. The van der Waals surface area contributed by atoms with E-state index in [1.165, 1.54) is 4.31 Å². The Morgan fingerprint density at radius 1 is 1.14 bits per heavy atom. The normalized spacial score (nSPS) is 27.5. The van der Waals surface area contributed by atoms with Crippen LogP contribution < -0.4 is 0 Å². The van der Waals surface area contributed by atoms with Gasteiger partial charge in [-0.05, 0) is 0 Å². The fourth-order valence-corrected chi connectivity index (χ4v) is 5.00. The van der Waals surface area contributed by atoms with Crippen molar-refractivity contribution < 1.29 is 8.42 Å². The molecule has 2 aliphatic rings. The SMILES string of the molecule is O=S(=O)(N1CCSCC1)N1CC(S)C1. The average molecular weight is 254 g/mol. The Hall–Kier alpha value is 0.570. The van der Waals surface area contributed by atoms with E-state index < -0.39 is 10.2 Å². The minimum atomic E-state index is -3.15. The molecule has 0 aromatic heterocycles. The van der Waals surface area contributed by atoms with Gasteiger partial charge in [-0.3, -0.25) is 0 Å². The Kier molecular flexibility index (Phi) is 3.33. The van der Waals surface area contributed by atoms with E-state index in [4.69, 9.17) is 0 Å². The zero-order valence-corrected chi connectivity index (χ0v) is 10.3. The Morgan fingerprint density at radius 2 is 1.71 bits per heavy atom. The van der Waals surface area contributed by atoms with Gasteiger partial charge in [0, 0.05) is 42.9 Å². The zero-order valence-electron chi connectivity index (χ0n) is 7.79. The molecule has 0 amide bonds. The third-order valence-corrected chi connectivity index (χ3v) is 5.69. The van der Waals surface area contributed by atoms with Crippen LogP contribution in [0.5, 0.6) is 0 Å². The van der Waals surface area contributed by atoms with Crippen LogP contribution in [0.1, 0.15) is 0 Å². The molecule has 0 aromatic carbocycles. The Morgan fingerprint density at radius 3 is 2.21 bits per heavy atom. The van der Waals surface area contributed by atoms with Crippen LogP contribution in [0.15, 0.2) is 0 Å². The molecule has 82 valence electrons. The summed E-state index contributed by atoms with van der Waals surface area (Å²) in [6, 6.07) is 0. The minimum Gasteiger partial charge on any atom is -0.195 e. The van der Waals surface area contributed by atoms with Gasteiger partial charge in [0.2, 0.25) is 0 Å². The van der Waals surface area contributed by atoms with E-state index in [1.54, 1.807) is 4.31 Å². The van der Waals surface area contributed by atoms with Crippen LogP contribution in [0.2, 0.25) is 0 Å². The summed E-state index contributed by atoms with van der Waals surface area (Å²) in [5.74, 6) is 1.83. The quantitative estimate of drug-likeness (QED) is 0.699. The lowest BCUT2D eigenvalue weighted by Crippen LogP contribution is -2.57. The van der Waals surface area contributed by atoms with E-state index in [0.29, 0.717) is 26.2 Å².